The molecule has 0 bridgehead atoms. The molecule has 1 aromatic carbocycles. The number of nitrogens with one attached hydrogen (secondary N) is 1. The number of aryl methyl sites for hydroxylation is 1. The van der Waals surface area contributed by atoms with Crippen LogP contribution < -0.4 is 5.32 Å². The summed E-state index contributed by atoms with van der Waals surface area (Å²) in [4.78, 5) is 0. The Labute approximate surface area is 112 Å². The Morgan fingerprint density at radius 2 is 1.95 bits per heavy atom. The summed E-state index contributed by atoms with van der Waals surface area (Å²) < 4.78 is 10.9. The summed E-state index contributed by atoms with van der Waals surface area (Å²) in [5.74, 6) is 1.14. The van der Waals surface area contributed by atoms with Crippen LogP contribution in [-0.4, -0.2) is 29.5 Å². The molecule has 19 heavy (non-hydrogen) atoms. The highest BCUT2D eigenvalue weighted by Crippen LogP contribution is 2.28. The molecule has 0 saturated carbocycles. The van der Waals surface area contributed by atoms with Gasteiger partial charge in [0.2, 0.25) is 11.8 Å². The van der Waals surface area contributed by atoms with Gasteiger partial charge in [-0.25, -0.2) is 0 Å². The lowest BCUT2D eigenvalue weighted by molar-refractivity contribution is 0.0904. The largest absolute Gasteiger partial charge is 0.421 e. The Morgan fingerprint density at radius 3 is 2.68 bits per heavy atom. The van der Waals surface area contributed by atoms with Gasteiger partial charge in [-0.15, -0.1) is 10.2 Å². The standard InChI is InChI=1S/C14H17N3O2/c1-10-16-17-14(19-10)12-4-2-3-5-13(12)15-11-6-8-18-9-7-11/h2-5,11,15H,6-9H2,1H3. The van der Waals surface area contributed by atoms with E-state index in [0.717, 1.165) is 37.3 Å². The van der Waals surface area contributed by atoms with Crippen LogP contribution in [-0.2, 0) is 4.74 Å². The van der Waals surface area contributed by atoms with Gasteiger partial charge in [0.25, 0.3) is 0 Å². The zero-order valence-corrected chi connectivity index (χ0v) is 10.9. The second-order valence-corrected chi connectivity index (χ2v) is 4.70. The maximum Gasteiger partial charge on any atom is 0.249 e. The lowest BCUT2D eigenvalue weighted by atomic mass is 10.1. The minimum atomic E-state index is 0.443. The number of aromatic nitrogens is 2. The predicted octanol–water partition coefficient (Wildman–Crippen LogP) is 2.64. The summed E-state index contributed by atoms with van der Waals surface area (Å²) in [7, 11) is 0. The first kappa shape index (κ1) is 12.2. The maximum absolute atomic E-state index is 5.51. The molecule has 100 valence electrons. The van der Waals surface area contributed by atoms with Crippen LogP contribution in [0.2, 0.25) is 0 Å². The maximum atomic E-state index is 5.51. The number of benzene rings is 1. The summed E-state index contributed by atoms with van der Waals surface area (Å²) in [5.41, 5.74) is 1.99. The molecular formula is C14H17N3O2. The summed E-state index contributed by atoms with van der Waals surface area (Å²) in [6.07, 6.45) is 2.05. The van der Waals surface area contributed by atoms with Gasteiger partial charge in [0, 0.05) is 31.9 Å². The Bertz CT molecular complexity index is 547. The SMILES string of the molecule is Cc1nnc(-c2ccccc2NC2CCOCC2)o1. The van der Waals surface area contributed by atoms with E-state index in [-0.39, 0.29) is 0 Å². The van der Waals surface area contributed by atoms with E-state index in [0.29, 0.717) is 17.8 Å². The Morgan fingerprint density at radius 1 is 1.16 bits per heavy atom. The van der Waals surface area contributed by atoms with Gasteiger partial charge >= 0.3 is 0 Å². The molecule has 1 aliphatic heterocycles. The van der Waals surface area contributed by atoms with Gasteiger partial charge in [-0.2, -0.15) is 0 Å². The van der Waals surface area contributed by atoms with Crippen molar-refractivity contribution in [3.05, 3.63) is 30.2 Å². The Kier molecular flexibility index (Phi) is 3.46. The molecule has 1 aliphatic rings. The fraction of sp³-hybridized carbons (Fsp3) is 0.429. The number of para-hydroxylation sites is 1. The fourth-order valence-electron chi connectivity index (χ4n) is 2.26. The molecule has 1 saturated heterocycles. The molecule has 3 rings (SSSR count). The molecule has 5 heteroatoms. The number of ether oxygens (including phenoxy) is 1. The highest BCUT2D eigenvalue weighted by Gasteiger charge is 2.17. The topological polar surface area (TPSA) is 60.2 Å². The molecule has 1 fully saturated rings. The van der Waals surface area contributed by atoms with Crippen LogP contribution in [0.3, 0.4) is 0 Å². The average molecular weight is 259 g/mol. The highest BCUT2D eigenvalue weighted by atomic mass is 16.5. The molecule has 2 heterocycles. The van der Waals surface area contributed by atoms with Gasteiger partial charge in [-0.3, -0.25) is 0 Å². The molecule has 0 spiro atoms. The molecule has 0 atom stereocenters. The van der Waals surface area contributed by atoms with Gasteiger partial charge in [-0.1, -0.05) is 12.1 Å². The van der Waals surface area contributed by atoms with Crippen molar-refractivity contribution in [2.45, 2.75) is 25.8 Å². The summed E-state index contributed by atoms with van der Waals surface area (Å²) >= 11 is 0. The zero-order chi connectivity index (χ0) is 13.1. The third-order valence-corrected chi connectivity index (χ3v) is 3.26. The molecule has 0 radical (unpaired) electrons. The van der Waals surface area contributed by atoms with Crippen LogP contribution in [0.4, 0.5) is 5.69 Å². The van der Waals surface area contributed by atoms with E-state index < -0.39 is 0 Å². The normalized spacial score (nSPS) is 16.5. The smallest absolute Gasteiger partial charge is 0.249 e. The van der Waals surface area contributed by atoms with Crippen LogP contribution >= 0.6 is 0 Å². The second kappa shape index (κ2) is 5.40. The molecule has 1 aromatic heterocycles. The Hall–Kier alpha value is -1.88. The number of hydrogen-bond donors (Lipinski definition) is 1. The minimum absolute atomic E-state index is 0.443. The number of hydrogen-bond acceptors (Lipinski definition) is 5. The average Bonchev–Trinajstić information content (AvgIpc) is 2.87. The van der Waals surface area contributed by atoms with Crippen LogP contribution in [0.15, 0.2) is 28.7 Å². The third-order valence-electron chi connectivity index (χ3n) is 3.26. The molecule has 0 aliphatic carbocycles. The molecular weight excluding hydrogens is 242 g/mol. The molecule has 5 nitrogen and oxygen atoms in total. The van der Waals surface area contributed by atoms with Gasteiger partial charge in [0.15, 0.2) is 0 Å². The number of anilines is 1. The van der Waals surface area contributed by atoms with Crippen molar-refractivity contribution in [2.24, 2.45) is 0 Å². The Balaban J connectivity index is 1.84. The third kappa shape index (κ3) is 2.76. The van der Waals surface area contributed by atoms with E-state index >= 15 is 0 Å². The summed E-state index contributed by atoms with van der Waals surface area (Å²) in [6.45, 7) is 3.43. The van der Waals surface area contributed by atoms with E-state index in [4.69, 9.17) is 9.15 Å². The van der Waals surface area contributed by atoms with E-state index in [1.165, 1.54) is 0 Å². The first-order chi connectivity index (χ1) is 9.33. The van der Waals surface area contributed by atoms with Crippen LogP contribution in [0.5, 0.6) is 0 Å². The first-order valence-corrected chi connectivity index (χ1v) is 6.57. The molecule has 0 unspecified atom stereocenters. The van der Waals surface area contributed by atoms with E-state index in [1.807, 2.05) is 24.3 Å². The lowest BCUT2D eigenvalue weighted by Crippen LogP contribution is -2.28. The fourth-order valence-corrected chi connectivity index (χ4v) is 2.26. The van der Waals surface area contributed by atoms with E-state index in [9.17, 15) is 0 Å². The zero-order valence-electron chi connectivity index (χ0n) is 10.9. The van der Waals surface area contributed by atoms with Crippen LogP contribution in [0.1, 0.15) is 18.7 Å². The monoisotopic (exact) mass is 259 g/mol. The molecule has 0 amide bonds. The summed E-state index contributed by atoms with van der Waals surface area (Å²) in [6, 6.07) is 8.47. The van der Waals surface area contributed by atoms with Crippen molar-refractivity contribution >= 4 is 5.69 Å². The van der Waals surface area contributed by atoms with Gasteiger partial charge in [0.05, 0.1) is 5.56 Å². The van der Waals surface area contributed by atoms with E-state index in [1.54, 1.807) is 6.92 Å². The highest BCUT2D eigenvalue weighted by molar-refractivity contribution is 5.72. The summed E-state index contributed by atoms with van der Waals surface area (Å²) in [5, 5.41) is 11.5. The van der Waals surface area contributed by atoms with Gasteiger partial charge in [0.1, 0.15) is 0 Å². The van der Waals surface area contributed by atoms with Crippen molar-refractivity contribution in [2.75, 3.05) is 18.5 Å². The van der Waals surface area contributed by atoms with Gasteiger partial charge in [-0.05, 0) is 25.0 Å². The van der Waals surface area contributed by atoms with Crippen molar-refractivity contribution in [3.8, 4) is 11.5 Å². The molecule has 1 N–H and O–H groups in total. The van der Waals surface area contributed by atoms with Crippen molar-refractivity contribution < 1.29 is 9.15 Å². The lowest BCUT2D eigenvalue weighted by Gasteiger charge is -2.24. The van der Waals surface area contributed by atoms with Gasteiger partial charge < -0.3 is 14.5 Å². The van der Waals surface area contributed by atoms with Crippen molar-refractivity contribution in [1.29, 1.82) is 0 Å². The van der Waals surface area contributed by atoms with Crippen molar-refractivity contribution in [3.63, 3.8) is 0 Å². The van der Waals surface area contributed by atoms with E-state index in [2.05, 4.69) is 15.5 Å². The van der Waals surface area contributed by atoms with Crippen molar-refractivity contribution in [1.82, 2.24) is 10.2 Å². The van der Waals surface area contributed by atoms with Crippen LogP contribution in [0.25, 0.3) is 11.5 Å². The first-order valence-electron chi connectivity index (χ1n) is 6.57. The second-order valence-electron chi connectivity index (χ2n) is 4.70. The minimum Gasteiger partial charge on any atom is -0.421 e. The predicted molar refractivity (Wildman–Crippen MR) is 71.9 cm³/mol. The number of rotatable bonds is 3. The number of nitrogens with zero attached hydrogens (tertiary/aromatic N) is 2. The molecule has 2 aromatic rings. The van der Waals surface area contributed by atoms with Crippen LogP contribution in [0, 0.1) is 6.92 Å². The quantitative estimate of drug-likeness (QED) is 0.918.